The third-order valence-electron chi connectivity index (χ3n) is 7.81. The zero-order valence-electron chi connectivity index (χ0n) is 25.3. The molecule has 1 N–H and O–H groups in total. The highest BCUT2D eigenvalue weighted by Gasteiger charge is 2.34. The van der Waals surface area contributed by atoms with E-state index in [4.69, 9.17) is 27.9 Å². The molecule has 3 aromatic carbocycles. The zero-order chi connectivity index (χ0) is 32.6. The van der Waals surface area contributed by atoms with Crippen molar-refractivity contribution in [3.8, 4) is 5.75 Å². The van der Waals surface area contributed by atoms with Crippen LogP contribution in [0.5, 0.6) is 5.75 Å². The van der Waals surface area contributed by atoms with Gasteiger partial charge in [0.25, 0.3) is 10.0 Å². The third kappa shape index (κ3) is 8.89. The van der Waals surface area contributed by atoms with E-state index < -0.39 is 34.3 Å². The number of anilines is 1. The average Bonchev–Trinajstić information content (AvgIpc) is 3.02. The highest BCUT2D eigenvalue weighted by molar-refractivity contribution is 7.92. The summed E-state index contributed by atoms with van der Waals surface area (Å²) in [7, 11) is -4.33. The minimum atomic E-state index is -4.33. The molecule has 0 spiro atoms. The molecule has 12 heteroatoms. The van der Waals surface area contributed by atoms with Gasteiger partial charge in [-0.05, 0) is 92.4 Å². The van der Waals surface area contributed by atoms with Gasteiger partial charge in [-0.25, -0.2) is 12.8 Å². The van der Waals surface area contributed by atoms with E-state index in [0.29, 0.717) is 28.0 Å². The van der Waals surface area contributed by atoms with Crippen LogP contribution in [0.1, 0.15) is 57.9 Å². The van der Waals surface area contributed by atoms with Crippen molar-refractivity contribution in [2.75, 3.05) is 17.5 Å². The van der Waals surface area contributed by atoms with Gasteiger partial charge in [-0.2, -0.15) is 0 Å². The first-order valence-corrected chi connectivity index (χ1v) is 17.3. The molecule has 1 saturated carbocycles. The molecule has 0 saturated heterocycles. The summed E-state index contributed by atoms with van der Waals surface area (Å²) in [4.78, 5) is 29.2. The number of rotatable bonds is 13. The molecular weight excluding hydrogens is 640 g/mol. The number of ether oxygens (including phenoxy) is 1. The van der Waals surface area contributed by atoms with Gasteiger partial charge in [0, 0.05) is 22.6 Å². The van der Waals surface area contributed by atoms with Gasteiger partial charge in [0.15, 0.2) is 0 Å². The van der Waals surface area contributed by atoms with Crippen LogP contribution in [0.2, 0.25) is 10.0 Å². The SMILES string of the molecule is CCOc1ccc(S(=O)(=O)N(CC(=O)N(Cc2ccc(Cl)cc2Cl)[C@H](CC)C(=O)NC2CCCCC2)c2ccc(F)cc2)cc1. The molecule has 1 atom stereocenters. The number of sulfonamides is 1. The molecule has 0 aromatic heterocycles. The van der Waals surface area contributed by atoms with Crippen LogP contribution in [-0.4, -0.2) is 50.4 Å². The number of halogens is 3. The van der Waals surface area contributed by atoms with Gasteiger partial charge in [0.05, 0.1) is 17.2 Å². The van der Waals surface area contributed by atoms with Gasteiger partial charge in [0.2, 0.25) is 11.8 Å². The minimum Gasteiger partial charge on any atom is -0.494 e. The molecule has 1 aliphatic rings. The summed E-state index contributed by atoms with van der Waals surface area (Å²) < 4.78 is 48.3. The maximum Gasteiger partial charge on any atom is 0.264 e. The highest BCUT2D eigenvalue weighted by atomic mass is 35.5. The van der Waals surface area contributed by atoms with Gasteiger partial charge in [-0.15, -0.1) is 0 Å². The predicted octanol–water partition coefficient (Wildman–Crippen LogP) is 6.98. The normalized spacial score (nSPS) is 14.4. The van der Waals surface area contributed by atoms with Crippen LogP contribution in [0.4, 0.5) is 10.1 Å². The molecule has 45 heavy (non-hydrogen) atoms. The Morgan fingerprint density at radius 1 is 0.978 bits per heavy atom. The first-order chi connectivity index (χ1) is 21.5. The van der Waals surface area contributed by atoms with Crippen molar-refractivity contribution in [1.29, 1.82) is 0 Å². The maximum atomic E-state index is 14.3. The Labute approximate surface area is 274 Å². The maximum absolute atomic E-state index is 14.3. The Kier molecular flexibility index (Phi) is 12.1. The molecule has 0 radical (unpaired) electrons. The zero-order valence-corrected chi connectivity index (χ0v) is 27.7. The Bertz CT molecular complexity index is 1570. The molecule has 0 unspecified atom stereocenters. The number of amides is 2. The summed E-state index contributed by atoms with van der Waals surface area (Å²) in [6.07, 6.45) is 5.14. The average molecular weight is 679 g/mol. The van der Waals surface area contributed by atoms with E-state index in [1.807, 2.05) is 6.92 Å². The van der Waals surface area contributed by atoms with Crippen molar-refractivity contribution < 1.29 is 27.1 Å². The Morgan fingerprint density at radius 2 is 1.64 bits per heavy atom. The first kappa shape index (κ1) is 34.5. The van der Waals surface area contributed by atoms with E-state index >= 15 is 0 Å². The van der Waals surface area contributed by atoms with E-state index in [2.05, 4.69) is 5.32 Å². The molecular formula is C33H38Cl2FN3O5S. The highest BCUT2D eigenvalue weighted by Crippen LogP contribution is 2.28. The fourth-order valence-electron chi connectivity index (χ4n) is 5.44. The molecule has 0 bridgehead atoms. The molecule has 0 heterocycles. The van der Waals surface area contributed by atoms with Gasteiger partial charge >= 0.3 is 0 Å². The molecule has 2 amide bonds. The van der Waals surface area contributed by atoms with Gasteiger partial charge in [-0.3, -0.25) is 13.9 Å². The molecule has 3 aromatic rings. The lowest BCUT2D eigenvalue weighted by molar-refractivity contribution is -0.140. The minimum absolute atomic E-state index is 0.00660. The quantitative estimate of drug-likeness (QED) is 0.211. The summed E-state index contributed by atoms with van der Waals surface area (Å²) in [6.45, 7) is 3.30. The second-order valence-corrected chi connectivity index (χ2v) is 13.6. The number of carbonyl (C=O) groups excluding carboxylic acids is 2. The van der Waals surface area contributed by atoms with E-state index in [-0.39, 0.29) is 35.5 Å². The summed E-state index contributed by atoms with van der Waals surface area (Å²) in [5, 5.41) is 3.82. The van der Waals surface area contributed by atoms with Crippen LogP contribution in [0.25, 0.3) is 0 Å². The van der Waals surface area contributed by atoms with Crippen LogP contribution in [0.15, 0.2) is 71.6 Å². The number of hydrogen-bond donors (Lipinski definition) is 1. The standard InChI is InChI=1S/C33H38Cl2FN3O5S/c1-3-31(33(41)37-26-8-6-5-7-9-26)38(21-23-10-11-24(34)20-30(23)35)32(40)22-39(27-14-12-25(36)13-15-27)45(42,43)29-18-16-28(17-19-29)44-4-2/h10-20,26,31H,3-9,21-22H2,1-2H3,(H,37,41)/t31-/m1/s1. The third-order valence-corrected chi connectivity index (χ3v) is 10.2. The topological polar surface area (TPSA) is 96.0 Å². The second kappa shape index (κ2) is 15.8. The van der Waals surface area contributed by atoms with E-state index in [9.17, 15) is 22.4 Å². The lowest BCUT2D eigenvalue weighted by atomic mass is 9.95. The molecule has 0 aliphatic heterocycles. The number of carbonyl (C=O) groups is 2. The Balaban J connectivity index is 1.71. The van der Waals surface area contributed by atoms with Crippen molar-refractivity contribution in [3.63, 3.8) is 0 Å². The fourth-order valence-corrected chi connectivity index (χ4v) is 7.32. The van der Waals surface area contributed by atoms with Crippen LogP contribution in [0.3, 0.4) is 0 Å². The monoisotopic (exact) mass is 677 g/mol. The number of nitrogens with one attached hydrogen (secondary N) is 1. The number of nitrogens with zero attached hydrogens (tertiary/aromatic N) is 2. The van der Waals surface area contributed by atoms with Crippen LogP contribution in [-0.2, 0) is 26.2 Å². The summed E-state index contributed by atoms with van der Waals surface area (Å²) in [5.74, 6) is -1.02. The van der Waals surface area contributed by atoms with Crippen LogP contribution in [0, 0.1) is 5.82 Å². The summed E-state index contributed by atoms with van der Waals surface area (Å²) in [5.41, 5.74) is 0.629. The second-order valence-electron chi connectivity index (χ2n) is 10.9. The first-order valence-electron chi connectivity index (χ1n) is 15.1. The largest absolute Gasteiger partial charge is 0.494 e. The van der Waals surface area contributed by atoms with E-state index in [1.54, 1.807) is 25.1 Å². The van der Waals surface area contributed by atoms with Crippen molar-refractivity contribution in [2.45, 2.75) is 75.9 Å². The Hall–Kier alpha value is -3.34. The van der Waals surface area contributed by atoms with Gasteiger partial charge in [0.1, 0.15) is 24.2 Å². The van der Waals surface area contributed by atoms with E-state index in [0.717, 1.165) is 48.5 Å². The summed E-state index contributed by atoms with van der Waals surface area (Å²) >= 11 is 12.6. The fraction of sp³-hybridized carbons (Fsp3) is 0.394. The van der Waals surface area contributed by atoms with Crippen LogP contribution >= 0.6 is 23.2 Å². The predicted molar refractivity (Wildman–Crippen MR) is 175 cm³/mol. The molecule has 1 aliphatic carbocycles. The molecule has 8 nitrogen and oxygen atoms in total. The van der Waals surface area contributed by atoms with Gasteiger partial charge < -0.3 is 15.0 Å². The van der Waals surface area contributed by atoms with Gasteiger partial charge in [-0.1, -0.05) is 55.5 Å². The molecule has 1 fully saturated rings. The molecule has 242 valence electrons. The van der Waals surface area contributed by atoms with Crippen molar-refractivity contribution in [3.05, 3.63) is 88.2 Å². The lowest BCUT2D eigenvalue weighted by Gasteiger charge is -2.34. The number of hydrogen-bond acceptors (Lipinski definition) is 5. The van der Waals surface area contributed by atoms with Crippen molar-refractivity contribution in [1.82, 2.24) is 10.2 Å². The number of benzene rings is 3. The van der Waals surface area contributed by atoms with Crippen LogP contribution < -0.4 is 14.4 Å². The summed E-state index contributed by atoms with van der Waals surface area (Å²) in [6, 6.07) is 14.6. The molecule has 4 rings (SSSR count). The van der Waals surface area contributed by atoms with Crippen molar-refractivity contribution >= 4 is 50.7 Å². The lowest BCUT2D eigenvalue weighted by Crippen LogP contribution is -2.54. The van der Waals surface area contributed by atoms with Crippen molar-refractivity contribution in [2.24, 2.45) is 0 Å². The Morgan fingerprint density at radius 3 is 2.24 bits per heavy atom. The van der Waals surface area contributed by atoms with E-state index in [1.165, 1.54) is 41.3 Å². The smallest absolute Gasteiger partial charge is 0.264 e.